The van der Waals surface area contributed by atoms with Gasteiger partial charge in [0.2, 0.25) is 0 Å². The molecule has 0 heterocycles. The van der Waals surface area contributed by atoms with Crippen LogP contribution >= 0.6 is 11.6 Å². The molecule has 0 fully saturated rings. The summed E-state index contributed by atoms with van der Waals surface area (Å²) < 4.78 is 0. The SMILES string of the molecule is CCc1ccccc1C(O)C(O)CCCl. The summed E-state index contributed by atoms with van der Waals surface area (Å²) in [5.41, 5.74) is 1.87. The Morgan fingerprint density at radius 1 is 1.27 bits per heavy atom. The zero-order chi connectivity index (χ0) is 11.3. The van der Waals surface area contributed by atoms with E-state index in [9.17, 15) is 10.2 Å². The van der Waals surface area contributed by atoms with Crippen LogP contribution in [0.3, 0.4) is 0 Å². The van der Waals surface area contributed by atoms with Crippen molar-refractivity contribution >= 4 is 11.6 Å². The summed E-state index contributed by atoms with van der Waals surface area (Å²) in [6.45, 7) is 2.03. The van der Waals surface area contributed by atoms with Crippen molar-refractivity contribution < 1.29 is 10.2 Å². The topological polar surface area (TPSA) is 40.5 Å². The third-order valence-electron chi connectivity index (χ3n) is 2.52. The Hall–Kier alpha value is -0.570. The summed E-state index contributed by atoms with van der Waals surface area (Å²) in [6, 6.07) is 7.61. The molecule has 1 aromatic rings. The van der Waals surface area contributed by atoms with Crippen molar-refractivity contribution in [3.05, 3.63) is 35.4 Å². The van der Waals surface area contributed by atoms with E-state index in [2.05, 4.69) is 0 Å². The molecule has 0 radical (unpaired) electrons. The zero-order valence-electron chi connectivity index (χ0n) is 8.86. The monoisotopic (exact) mass is 228 g/mol. The van der Waals surface area contributed by atoms with Gasteiger partial charge in [-0.05, 0) is 24.0 Å². The minimum absolute atomic E-state index is 0.354. The van der Waals surface area contributed by atoms with E-state index in [1.54, 1.807) is 0 Å². The van der Waals surface area contributed by atoms with Gasteiger partial charge in [-0.15, -0.1) is 11.6 Å². The van der Waals surface area contributed by atoms with Crippen LogP contribution in [-0.2, 0) is 6.42 Å². The van der Waals surface area contributed by atoms with Crippen LogP contribution < -0.4 is 0 Å². The van der Waals surface area contributed by atoms with Crippen LogP contribution in [0.5, 0.6) is 0 Å². The van der Waals surface area contributed by atoms with Crippen molar-refractivity contribution in [2.24, 2.45) is 0 Å². The molecule has 0 aliphatic rings. The molecule has 15 heavy (non-hydrogen) atoms. The molecular weight excluding hydrogens is 212 g/mol. The fraction of sp³-hybridized carbons (Fsp3) is 0.500. The lowest BCUT2D eigenvalue weighted by molar-refractivity contribution is 0.0165. The average molecular weight is 229 g/mol. The zero-order valence-corrected chi connectivity index (χ0v) is 9.61. The number of benzene rings is 1. The Morgan fingerprint density at radius 3 is 2.53 bits per heavy atom. The lowest BCUT2D eigenvalue weighted by Gasteiger charge is -2.19. The average Bonchev–Trinajstić information content (AvgIpc) is 2.28. The molecule has 0 aliphatic heterocycles. The van der Waals surface area contributed by atoms with E-state index in [4.69, 9.17) is 11.6 Å². The van der Waals surface area contributed by atoms with E-state index in [-0.39, 0.29) is 0 Å². The molecule has 2 atom stereocenters. The highest BCUT2D eigenvalue weighted by Gasteiger charge is 2.19. The minimum atomic E-state index is -0.833. The Labute approximate surface area is 95.5 Å². The first-order valence-corrected chi connectivity index (χ1v) is 5.74. The summed E-state index contributed by atoms with van der Waals surface area (Å²) in [5, 5.41) is 19.6. The molecular formula is C12H17ClO2. The van der Waals surface area contributed by atoms with Gasteiger partial charge < -0.3 is 10.2 Å². The van der Waals surface area contributed by atoms with Crippen LogP contribution in [-0.4, -0.2) is 22.2 Å². The highest BCUT2D eigenvalue weighted by Crippen LogP contribution is 2.23. The molecule has 0 aliphatic carbocycles. The van der Waals surface area contributed by atoms with Crippen molar-refractivity contribution in [1.29, 1.82) is 0 Å². The third kappa shape index (κ3) is 3.20. The Balaban J connectivity index is 2.84. The van der Waals surface area contributed by atoms with Gasteiger partial charge in [-0.25, -0.2) is 0 Å². The van der Waals surface area contributed by atoms with Crippen LogP contribution in [0.15, 0.2) is 24.3 Å². The number of hydrogen-bond donors (Lipinski definition) is 2. The smallest absolute Gasteiger partial charge is 0.105 e. The van der Waals surface area contributed by atoms with Crippen LogP contribution in [0.4, 0.5) is 0 Å². The lowest BCUT2D eigenvalue weighted by atomic mass is 9.96. The number of aliphatic hydroxyl groups excluding tert-OH is 2. The molecule has 2 nitrogen and oxygen atoms in total. The molecule has 2 unspecified atom stereocenters. The molecule has 3 heteroatoms. The van der Waals surface area contributed by atoms with E-state index in [0.717, 1.165) is 17.5 Å². The molecule has 0 amide bonds. The second-order valence-corrected chi connectivity index (χ2v) is 3.92. The Morgan fingerprint density at radius 2 is 1.93 bits per heavy atom. The van der Waals surface area contributed by atoms with E-state index in [0.29, 0.717) is 12.3 Å². The number of hydrogen-bond acceptors (Lipinski definition) is 2. The maximum Gasteiger partial charge on any atom is 0.105 e. The van der Waals surface area contributed by atoms with Gasteiger partial charge >= 0.3 is 0 Å². The number of halogens is 1. The van der Waals surface area contributed by atoms with Gasteiger partial charge in [-0.1, -0.05) is 31.2 Å². The largest absolute Gasteiger partial charge is 0.390 e. The van der Waals surface area contributed by atoms with Crippen molar-refractivity contribution in [2.45, 2.75) is 32.0 Å². The number of alkyl halides is 1. The van der Waals surface area contributed by atoms with E-state index in [1.165, 1.54) is 0 Å². The molecule has 2 N–H and O–H groups in total. The minimum Gasteiger partial charge on any atom is -0.390 e. The quantitative estimate of drug-likeness (QED) is 0.760. The summed E-state index contributed by atoms with van der Waals surface area (Å²) in [6.07, 6.45) is -0.364. The summed E-state index contributed by atoms with van der Waals surface area (Å²) >= 11 is 5.53. The predicted molar refractivity (Wildman–Crippen MR) is 62.1 cm³/mol. The molecule has 1 rings (SSSR count). The molecule has 1 aromatic carbocycles. The second kappa shape index (κ2) is 6.11. The van der Waals surface area contributed by atoms with Crippen LogP contribution in [0.1, 0.15) is 30.6 Å². The fourth-order valence-electron chi connectivity index (χ4n) is 1.62. The van der Waals surface area contributed by atoms with Gasteiger partial charge in [0.15, 0.2) is 0 Å². The first-order valence-electron chi connectivity index (χ1n) is 5.20. The Kier molecular flexibility index (Phi) is 5.09. The highest BCUT2D eigenvalue weighted by molar-refractivity contribution is 6.17. The summed E-state index contributed by atoms with van der Waals surface area (Å²) in [7, 11) is 0. The first-order chi connectivity index (χ1) is 7.20. The number of aryl methyl sites for hydroxylation is 1. The van der Waals surface area contributed by atoms with E-state index >= 15 is 0 Å². The van der Waals surface area contributed by atoms with Gasteiger partial charge in [0, 0.05) is 5.88 Å². The third-order valence-corrected chi connectivity index (χ3v) is 2.74. The molecule has 0 aromatic heterocycles. The van der Waals surface area contributed by atoms with Crippen molar-refractivity contribution in [1.82, 2.24) is 0 Å². The lowest BCUT2D eigenvalue weighted by Crippen LogP contribution is -2.19. The van der Waals surface area contributed by atoms with Gasteiger partial charge in [0.1, 0.15) is 6.10 Å². The summed E-state index contributed by atoms with van der Waals surface area (Å²) in [5.74, 6) is 0.354. The fourth-order valence-corrected chi connectivity index (χ4v) is 1.85. The maximum atomic E-state index is 9.92. The van der Waals surface area contributed by atoms with Crippen LogP contribution in [0.2, 0.25) is 0 Å². The van der Waals surface area contributed by atoms with E-state index < -0.39 is 12.2 Å². The molecule has 84 valence electrons. The first kappa shape index (κ1) is 12.5. The number of rotatable bonds is 5. The molecule has 0 saturated heterocycles. The van der Waals surface area contributed by atoms with Crippen molar-refractivity contribution in [3.8, 4) is 0 Å². The van der Waals surface area contributed by atoms with Crippen LogP contribution in [0, 0.1) is 0 Å². The van der Waals surface area contributed by atoms with Gasteiger partial charge in [-0.3, -0.25) is 0 Å². The molecule has 0 bridgehead atoms. The van der Waals surface area contributed by atoms with E-state index in [1.807, 2.05) is 31.2 Å². The van der Waals surface area contributed by atoms with Gasteiger partial charge in [-0.2, -0.15) is 0 Å². The van der Waals surface area contributed by atoms with Gasteiger partial charge in [0.25, 0.3) is 0 Å². The summed E-state index contributed by atoms with van der Waals surface area (Å²) in [4.78, 5) is 0. The maximum absolute atomic E-state index is 9.92. The van der Waals surface area contributed by atoms with Crippen LogP contribution in [0.25, 0.3) is 0 Å². The number of aliphatic hydroxyl groups is 2. The second-order valence-electron chi connectivity index (χ2n) is 3.54. The highest BCUT2D eigenvalue weighted by atomic mass is 35.5. The Bertz CT molecular complexity index is 301. The standard InChI is InChI=1S/C12H17ClO2/c1-2-9-5-3-4-6-10(9)12(15)11(14)7-8-13/h3-6,11-12,14-15H,2,7-8H2,1H3. The normalized spacial score (nSPS) is 14.9. The van der Waals surface area contributed by atoms with Crippen molar-refractivity contribution in [3.63, 3.8) is 0 Å². The van der Waals surface area contributed by atoms with Gasteiger partial charge in [0.05, 0.1) is 6.10 Å². The van der Waals surface area contributed by atoms with Crippen molar-refractivity contribution in [2.75, 3.05) is 5.88 Å². The molecule has 0 saturated carbocycles. The predicted octanol–water partition coefficient (Wildman–Crippen LogP) is 2.27. The molecule has 0 spiro atoms.